The second-order valence-corrected chi connectivity index (χ2v) is 11.1. The zero-order chi connectivity index (χ0) is 25.1. The highest BCUT2D eigenvalue weighted by Crippen LogP contribution is 2.21. The molecule has 0 fully saturated rings. The van der Waals surface area contributed by atoms with E-state index in [0.717, 1.165) is 35.4 Å². The maximum absolute atomic E-state index is 13.0. The molecule has 10 heteroatoms. The normalized spacial score (nSPS) is 11.7. The van der Waals surface area contributed by atoms with Gasteiger partial charge in [0.05, 0.1) is 9.79 Å². The second kappa shape index (κ2) is 9.85. The van der Waals surface area contributed by atoms with Crippen LogP contribution in [-0.2, 0) is 26.5 Å². The van der Waals surface area contributed by atoms with Gasteiger partial charge in [0.15, 0.2) is 0 Å². The number of halogens is 2. The summed E-state index contributed by atoms with van der Waals surface area (Å²) >= 11 is 0. The van der Waals surface area contributed by atoms with Gasteiger partial charge in [-0.2, -0.15) is 0 Å². The molecule has 0 unspecified atom stereocenters. The fourth-order valence-corrected chi connectivity index (χ4v) is 5.39. The Morgan fingerprint density at radius 1 is 0.486 bits per heavy atom. The van der Waals surface area contributed by atoms with E-state index in [9.17, 15) is 25.6 Å². The molecule has 4 aromatic carbocycles. The van der Waals surface area contributed by atoms with Crippen LogP contribution in [0.1, 0.15) is 11.1 Å². The first-order chi connectivity index (χ1) is 16.6. The molecule has 4 rings (SSSR count). The molecule has 0 amide bonds. The lowest BCUT2D eigenvalue weighted by molar-refractivity contribution is 0.597. The molecule has 0 spiro atoms. The van der Waals surface area contributed by atoms with E-state index in [1.807, 2.05) is 0 Å². The quantitative estimate of drug-likeness (QED) is 0.340. The Labute approximate surface area is 202 Å². The molecule has 0 heterocycles. The number of hydrogen-bond acceptors (Lipinski definition) is 4. The summed E-state index contributed by atoms with van der Waals surface area (Å²) in [5, 5.41) is 0. The number of hydrogen-bond donors (Lipinski definition) is 2. The molecular formula is C25H20F2N2O4S2. The van der Waals surface area contributed by atoms with E-state index in [1.165, 1.54) is 24.3 Å². The molecular weight excluding hydrogens is 494 g/mol. The highest BCUT2D eigenvalue weighted by molar-refractivity contribution is 7.93. The Morgan fingerprint density at radius 2 is 0.800 bits per heavy atom. The maximum atomic E-state index is 13.0. The summed E-state index contributed by atoms with van der Waals surface area (Å²) in [6, 6.07) is 22.7. The fraction of sp³-hybridized carbons (Fsp3) is 0.0400. The molecule has 0 aromatic heterocycles. The Morgan fingerprint density at radius 3 is 1.11 bits per heavy atom. The average molecular weight is 515 g/mol. The highest BCUT2D eigenvalue weighted by atomic mass is 32.2. The van der Waals surface area contributed by atoms with Gasteiger partial charge in [0, 0.05) is 11.4 Å². The van der Waals surface area contributed by atoms with Gasteiger partial charge in [-0.3, -0.25) is 9.44 Å². The van der Waals surface area contributed by atoms with E-state index in [0.29, 0.717) is 17.8 Å². The summed E-state index contributed by atoms with van der Waals surface area (Å²) in [4.78, 5) is -0.0868. The standard InChI is InChI=1S/C25H20F2N2O4S2/c26-20-5-13-24(14-6-20)34(30,31)28-22-9-1-18(2-10-22)17-19-3-11-23(12-4-19)29-35(32,33)25-15-7-21(27)8-16-25/h1-16,28-29H,17H2. The molecule has 0 radical (unpaired) electrons. The first-order valence-corrected chi connectivity index (χ1v) is 13.3. The van der Waals surface area contributed by atoms with Gasteiger partial charge >= 0.3 is 0 Å². The Balaban J connectivity index is 1.39. The van der Waals surface area contributed by atoms with Crippen molar-refractivity contribution in [3.05, 3.63) is 120 Å². The van der Waals surface area contributed by atoms with Crippen LogP contribution in [0, 0.1) is 11.6 Å². The average Bonchev–Trinajstić information content (AvgIpc) is 2.82. The van der Waals surface area contributed by atoms with Crippen LogP contribution in [0.2, 0.25) is 0 Å². The first kappa shape index (κ1) is 24.4. The fourth-order valence-electron chi connectivity index (χ4n) is 3.27. The van der Waals surface area contributed by atoms with Gasteiger partial charge in [0.1, 0.15) is 11.6 Å². The third kappa shape index (κ3) is 6.23. The lowest BCUT2D eigenvalue weighted by Crippen LogP contribution is -2.13. The van der Waals surface area contributed by atoms with Gasteiger partial charge in [-0.05, 0) is 90.3 Å². The minimum Gasteiger partial charge on any atom is -0.280 e. The van der Waals surface area contributed by atoms with E-state index >= 15 is 0 Å². The Kier molecular flexibility index (Phi) is 6.86. The summed E-state index contributed by atoms with van der Waals surface area (Å²) in [5.41, 5.74) is 2.55. The summed E-state index contributed by atoms with van der Waals surface area (Å²) in [6.45, 7) is 0. The molecule has 0 bridgehead atoms. The second-order valence-electron chi connectivity index (χ2n) is 7.69. The zero-order valence-electron chi connectivity index (χ0n) is 18.2. The van der Waals surface area contributed by atoms with Crippen LogP contribution in [0.15, 0.2) is 107 Å². The molecule has 0 aliphatic rings. The number of sulfonamides is 2. The van der Waals surface area contributed by atoms with E-state index in [1.54, 1.807) is 48.5 Å². The van der Waals surface area contributed by atoms with Crippen molar-refractivity contribution in [3.63, 3.8) is 0 Å². The van der Waals surface area contributed by atoms with E-state index in [-0.39, 0.29) is 9.79 Å². The van der Waals surface area contributed by atoms with Crippen LogP contribution in [0.25, 0.3) is 0 Å². The van der Waals surface area contributed by atoms with Gasteiger partial charge in [0.2, 0.25) is 0 Å². The summed E-state index contributed by atoms with van der Waals surface area (Å²) in [7, 11) is -7.67. The maximum Gasteiger partial charge on any atom is 0.261 e. The van der Waals surface area contributed by atoms with Gasteiger partial charge in [0.25, 0.3) is 20.0 Å². The molecule has 4 aromatic rings. The molecule has 6 nitrogen and oxygen atoms in total. The lowest BCUT2D eigenvalue weighted by Gasteiger charge is -2.10. The minimum atomic E-state index is -3.84. The molecule has 35 heavy (non-hydrogen) atoms. The highest BCUT2D eigenvalue weighted by Gasteiger charge is 2.15. The minimum absolute atomic E-state index is 0.0434. The summed E-state index contributed by atoms with van der Waals surface area (Å²) < 4.78 is 80.7. The van der Waals surface area contributed by atoms with Crippen LogP contribution in [-0.4, -0.2) is 16.8 Å². The molecule has 0 atom stereocenters. The summed E-state index contributed by atoms with van der Waals surface area (Å²) in [6.07, 6.45) is 0.538. The number of benzene rings is 4. The molecule has 0 saturated carbocycles. The van der Waals surface area contributed by atoms with Crippen molar-refractivity contribution in [3.8, 4) is 0 Å². The SMILES string of the molecule is O=S(=O)(Nc1ccc(Cc2ccc(NS(=O)(=O)c3ccc(F)cc3)cc2)cc1)c1ccc(F)cc1. The van der Waals surface area contributed by atoms with E-state index in [2.05, 4.69) is 9.44 Å². The van der Waals surface area contributed by atoms with Crippen LogP contribution < -0.4 is 9.44 Å². The number of anilines is 2. The van der Waals surface area contributed by atoms with Crippen LogP contribution in [0.5, 0.6) is 0 Å². The number of rotatable bonds is 8. The molecule has 0 saturated heterocycles. The van der Waals surface area contributed by atoms with Crippen molar-refractivity contribution in [1.82, 2.24) is 0 Å². The summed E-state index contributed by atoms with van der Waals surface area (Å²) in [5.74, 6) is -1.04. The molecule has 0 aliphatic heterocycles. The van der Waals surface area contributed by atoms with Crippen molar-refractivity contribution in [2.24, 2.45) is 0 Å². The van der Waals surface area contributed by atoms with Crippen molar-refractivity contribution >= 4 is 31.4 Å². The topological polar surface area (TPSA) is 92.3 Å². The van der Waals surface area contributed by atoms with Gasteiger partial charge in [-0.15, -0.1) is 0 Å². The molecule has 2 N–H and O–H groups in total. The smallest absolute Gasteiger partial charge is 0.261 e. The van der Waals surface area contributed by atoms with Crippen LogP contribution >= 0.6 is 0 Å². The predicted octanol–water partition coefficient (Wildman–Crippen LogP) is 5.16. The third-order valence-corrected chi connectivity index (χ3v) is 7.86. The van der Waals surface area contributed by atoms with Crippen LogP contribution in [0.3, 0.4) is 0 Å². The van der Waals surface area contributed by atoms with Crippen LogP contribution in [0.4, 0.5) is 20.2 Å². The monoisotopic (exact) mass is 514 g/mol. The van der Waals surface area contributed by atoms with Gasteiger partial charge < -0.3 is 0 Å². The Bertz CT molecular complexity index is 1400. The predicted molar refractivity (Wildman–Crippen MR) is 130 cm³/mol. The molecule has 0 aliphatic carbocycles. The third-order valence-electron chi connectivity index (χ3n) is 5.07. The zero-order valence-corrected chi connectivity index (χ0v) is 19.8. The van der Waals surface area contributed by atoms with Gasteiger partial charge in [-0.25, -0.2) is 25.6 Å². The van der Waals surface area contributed by atoms with Crippen molar-refractivity contribution in [1.29, 1.82) is 0 Å². The largest absolute Gasteiger partial charge is 0.280 e. The number of nitrogens with one attached hydrogen (secondary N) is 2. The van der Waals surface area contributed by atoms with Crippen molar-refractivity contribution in [2.45, 2.75) is 16.2 Å². The van der Waals surface area contributed by atoms with Gasteiger partial charge in [-0.1, -0.05) is 24.3 Å². The van der Waals surface area contributed by atoms with Crippen molar-refractivity contribution in [2.75, 3.05) is 9.44 Å². The Hall–Kier alpha value is -3.76. The molecule has 180 valence electrons. The lowest BCUT2D eigenvalue weighted by atomic mass is 10.0. The van der Waals surface area contributed by atoms with E-state index < -0.39 is 31.7 Å². The van der Waals surface area contributed by atoms with Crippen molar-refractivity contribution < 1.29 is 25.6 Å². The van der Waals surface area contributed by atoms with E-state index in [4.69, 9.17) is 0 Å². The first-order valence-electron chi connectivity index (χ1n) is 10.4.